The minimum atomic E-state index is -4.52. The lowest BCUT2D eigenvalue weighted by Crippen LogP contribution is -2.31. The maximum Gasteiger partial charge on any atom is 0.416 e. The van der Waals surface area contributed by atoms with Gasteiger partial charge in [0.05, 0.1) is 16.5 Å². The van der Waals surface area contributed by atoms with E-state index >= 15 is 0 Å². The summed E-state index contributed by atoms with van der Waals surface area (Å²) in [5.74, 6) is 0. The smallest absolute Gasteiger partial charge is 0.207 e. The highest BCUT2D eigenvalue weighted by atomic mass is 32.2. The topological polar surface area (TPSA) is 70.0 Å². The van der Waals surface area contributed by atoms with Crippen LogP contribution in [0.4, 0.5) is 13.2 Å². The van der Waals surface area contributed by atoms with Gasteiger partial charge in [-0.3, -0.25) is 0 Å². The zero-order valence-electron chi connectivity index (χ0n) is 9.19. The Morgan fingerprint density at radius 2 is 1.78 bits per heavy atom. The summed E-state index contributed by atoms with van der Waals surface area (Å²) in [5.41, 5.74) is -0.935. The average Bonchev–Trinajstić information content (AvgIpc) is 2.27. The van der Waals surface area contributed by atoms with Crippen molar-refractivity contribution in [1.82, 2.24) is 4.72 Å². The number of halogens is 3. The first-order valence-electron chi connectivity index (χ1n) is 4.76. The molecule has 1 rings (SSSR count). The molecule has 1 aromatic carbocycles. The summed E-state index contributed by atoms with van der Waals surface area (Å²) >= 11 is 0. The van der Waals surface area contributed by atoms with Crippen LogP contribution in [0, 0.1) is 11.3 Å². The number of nitrogens with one attached hydrogen (secondary N) is 1. The Kier molecular flexibility index (Phi) is 3.98. The Balaban J connectivity index is 3.03. The molecule has 0 amide bonds. The molecule has 0 aliphatic rings. The first-order chi connectivity index (χ1) is 8.16. The summed E-state index contributed by atoms with van der Waals surface area (Å²) in [7, 11) is -3.97. The van der Waals surface area contributed by atoms with Crippen LogP contribution in [0.1, 0.15) is 12.5 Å². The molecule has 1 N–H and O–H groups in total. The van der Waals surface area contributed by atoms with Gasteiger partial charge in [-0.1, -0.05) is 0 Å². The molecule has 18 heavy (non-hydrogen) atoms. The molecule has 1 aromatic rings. The molecular weight excluding hydrogens is 269 g/mol. The van der Waals surface area contributed by atoms with Crippen LogP contribution >= 0.6 is 0 Å². The molecule has 0 unspecified atom stereocenters. The highest BCUT2D eigenvalue weighted by Gasteiger charge is 2.30. The maximum absolute atomic E-state index is 12.3. The van der Waals surface area contributed by atoms with E-state index in [1.54, 1.807) is 6.07 Å². The summed E-state index contributed by atoms with van der Waals surface area (Å²) < 4.78 is 62.1. The molecule has 0 saturated carbocycles. The van der Waals surface area contributed by atoms with Crippen molar-refractivity contribution >= 4 is 10.0 Å². The van der Waals surface area contributed by atoms with Gasteiger partial charge in [0.1, 0.15) is 6.04 Å². The van der Waals surface area contributed by atoms with Gasteiger partial charge in [-0.25, -0.2) is 8.42 Å². The second-order valence-electron chi connectivity index (χ2n) is 3.49. The summed E-state index contributed by atoms with van der Waals surface area (Å²) in [4.78, 5) is -0.322. The zero-order valence-corrected chi connectivity index (χ0v) is 10.0. The fourth-order valence-electron chi connectivity index (χ4n) is 1.15. The monoisotopic (exact) mass is 278 g/mol. The number of hydrogen-bond donors (Lipinski definition) is 1. The minimum absolute atomic E-state index is 0.322. The van der Waals surface area contributed by atoms with Crippen molar-refractivity contribution in [1.29, 1.82) is 5.26 Å². The molecule has 0 spiro atoms. The normalized spacial score (nSPS) is 13.9. The highest BCUT2D eigenvalue weighted by molar-refractivity contribution is 7.89. The van der Waals surface area contributed by atoms with Crippen LogP contribution in [0.25, 0.3) is 0 Å². The number of rotatable bonds is 3. The van der Waals surface area contributed by atoms with E-state index < -0.39 is 27.8 Å². The van der Waals surface area contributed by atoms with E-state index in [1.165, 1.54) is 6.92 Å². The number of nitriles is 1. The molecule has 0 aliphatic heterocycles. The Hall–Kier alpha value is -1.59. The summed E-state index contributed by atoms with van der Waals surface area (Å²) in [5, 5.41) is 8.47. The van der Waals surface area contributed by atoms with Crippen molar-refractivity contribution in [2.75, 3.05) is 0 Å². The third-order valence-electron chi connectivity index (χ3n) is 2.02. The van der Waals surface area contributed by atoms with Gasteiger partial charge < -0.3 is 0 Å². The third kappa shape index (κ3) is 3.45. The van der Waals surface area contributed by atoms with Crippen LogP contribution in [0.15, 0.2) is 29.2 Å². The second-order valence-corrected chi connectivity index (χ2v) is 5.21. The fourth-order valence-corrected chi connectivity index (χ4v) is 2.30. The largest absolute Gasteiger partial charge is 0.416 e. The third-order valence-corrected chi connectivity index (χ3v) is 3.57. The zero-order chi connectivity index (χ0) is 14.0. The van der Waals surface area contributed by atoms with E-state index in [2.05, 4.69) is 0 Å². The summed E-state index contributed by atoms with van der Waals surface area (Å²) in [6, 6.07) is 3.72. The van der Waals surface area contributed by atoms with Crippen molar-refractivity contribution in [3.05, 3.63) is 29.8 Å². The molecular formula is C10H9F3N2O2S. The minimum Gasteiger partial charge on any atom is -0.207 e. The molecule has 8 heteroatoms. The SMILES string of the molecule is C[C@H](C#N)NS(=O)(=O)c1ccc(C(F)(F)F)cc1. The van der Waals surface area contributed by atoms with Gasteiger partial charge in [0, 0.05) is 0 Å². The number of hydrogen-bond acceptors (Lipinski definition) is 3. The van der Waals surface area contributed by atoms with E-state index in [1.807, 2.05) is 4.72 Å². The van der Waals surface area contributed by atoms with E-state index in [4.69, 9.17) is 5.26 Å². The van der Waals surface area contributed by atoms with Crippen molar-refractivity contribution in [2.45, 2.75) is 24.0 Å². The van der Waals surface area contributed by atoms with Gasteiger partial charge in [0.15, 0.2) is 0 Å². The lowest BCUT2D eigenvalue weighted by Gasteiger charge is -2.10. The molecule has 0 fully saturated rings. The lowest BCUT2D eigenvalue weighted by atomic mass is 10.2. The lowest BCUT2D eigenvalue weighted by molar-refractivity contribution is -0.137. The van der Waals surface area contributed by atoms with Crippen LogP contribution in [0.5, 0.6) is 0 Å². The maximum atomic E-state index is 12.3. The van der Waals surface area contributed by atoms with E-state index in [-0.39, 0.29) is 4.90 Å². The van der Waals surface area contributed by atoms with Gasteiger partial charge in [0.25, 0.3) is 0 Å². The number of nitrogens with zero attached hydrogens (tertiary/aromatic N) is 1. The quantitative estimate of drug-likeness (QED) is 0.918. The highest BCUT2D eigenvalue weighted by Crippen LogP contribution is 2.29. The molecule has 0 heterocycles. The molecule has 4 nitrogen and oxygen atoms in total. The number of sulfonamides is 1. The van der Waals surface area contributed by atoms with E-state index in [0.29, 0.717) is 12.1 Å². The Morgan fingerprint density at radius 3 is 2.17 bits per heavy atom. The Bertz CT molecular complexity index is 558. The molecule has 0 saturated heterocycles. The van der Waals surface area contributed by atoms with Gasteiger partial charge in [-0.2, -0.15) is 23.2 Å². The molecule has 98 valence electrons. The summed E-state index contributed by atoms with van der Waals surface area (Å²) in [6.45, 7) is 1.32. The first kappa shape index (κ1) is 14.5. The molecule has 0 bridgehead atoms. The Labute approximate surface area is 102 Å². The number of alkyl halides is 3. The predicted octanol–water partition coefficient (Wildman–Crippen LogP) is 1.90. The van der Waals surface area contributed by atoms with Gasteiger partial charge in [0.2, 0.25) is 10.0 Å². The van der Waals surface area contributed by atoms with E-state index in [9.17, 15) is 21.6 Å². The molecule has 0 aliphatic carbocycles. The summed E-state index contributed by atoms with van der Waals surface area (Å²) in [6.07, 6.45) is -4.52. The van der Waals surface area contributed by atoms with Crippen molar-refractivity contribution < 1.29 is 21.6 Å². The van der Waals surface area contributed by atoms with Crippen LogP contribution in [0.2, 0.25) is 0 Å². The van der Waals surface area contributed by atoms with Crippen LogP contribution < -0.4 is 4.72 Å². The first-order valence-corrected chi connectivity index (χ1v) is 6.24. The van der Waals surface area contributed by atoms with Crippen LogP contribution in [0.3, 0.4) is 0 Å². The van der Waals surface area contributed by atoms with Gasteiger partial charge in [-0.15, -0.1) is 0 Å². The molecule has 1 atom stereocenters. The van der Waals surface area contributed by atoms with E-state index in [0.717, 1.165) is 12.1 Å². The average molecular weight is 278 g/mol. The van der Waals surface area contributed by atoms with Gasteiger partial charge in [-0.05, 0) is 31.2 Å². The van der Waals surface area contributed by atoms with Gasteiger partial charge >= 0.3 is 6.18 Å². The number of benzene rings is 1. The molecule has 0 radical (unpaired) electrons. The van der Waals surface area contributed by atoms with Crippen LogP contribution in [-0.2, 0) is 16.2 Å². The van der Waals surface area contributed by atoms with Crippen molar-refractivity contribution in [3.8, 4) is 6.07 Å². The second kappa shape index (κ2) is 4.96. The standard InChI is InChI=1S/C10H9F3N2O2S/c1-7(6-14)15-18(16,17)9-4-2-8(3-5-9)10(11,12)13/h2-5,7,15H,1H3/t7-/m1/s1. The fraction of sp³-hybridized carbons (Fsp3) is 0.300. The Morgan fingerprint density at radius 1 is 1.28 bits per heavy atom. The van der Waals surface area contributed by atoms with Crippen LogP contribution in [-0.4, -0.2) is 14.5 Å². The predicted molar refractivity (Wildman–Crippen MR) is 56.8 cm³/mol. The molecule has 0 aromatic heterocycles. The van der Waals surface area contributed by atoms with Crippen molar-refractivity contribution in [3.63, 3.8) is 0 Å². The van der Waals surface area contributed by atoms with Crippen molar-refractivity contribution in [2.24, 2.45) is 0 Å².